The molecule has 4 heteroatoms. The normalized spacial score (nSPS) is 10.7. The van der Waals surface area contributed by atoms with Crippen LogP contribution in [-0.4, -0.2) is 4.98 Å². The van der Waals surface area contributed by atoms with E-state index in [-0.39, 0.29) is 0 Å². The van der Waals surface area contributed by atoms with Crippen LogP contribution in [0.1, 0.15) is 10.6 Å². The van der Waals surface area contributed by atoms with Gasteiger partial charge in [0, 0.05) is 27.5 Å². The Morgan fingerprint density at radius 1 is 1.00 bits per heavy atom. The predicted molar refractivity (Wildman–Crippen MR) is 88.9 cm³/mol. The number of benzene rings is 2. The molecule has 1 heterocycles. The lowest BCUT2D eigenvalue weighted by Crippen LogP contribution is -1.89. The van der Waals surface area contributed by atoms with Gasteiger partial charge in [-0.2, -0.15) is 0 Å². The molecule has 0 saturated carbocycles. The maximum absolute atomic E-state index is 5.70. The summed E-state index contributed by atoms with van der Waals surface area (Å²) in [6.45, 7) is 0. The Balaban J connectivity index is 1.80. The van der Waals surface area contributed by atoms with Gasteiger partial charge < -0.3 is 5.73 Å². The number of anilines is 1. The third kappa shape index (κ3) is 3.08. The van der Waals surface area contributed by atoms with E-state index in [2.05, 4.69) is 45.6 Å². The third-order valence-electron chi connectivity index (χ3n) is 3.03. The van der Waals surface area contributed by atoms with Crippen molar-refractivity contribution in [2.75, 3.05) is 5.73 Å². The number of rotatable bonds is 3. The van der Waals surface area contributed by atoms with Crippen molar-refractivity contribution in [3.05, 3.63) is 69.0 Å². The molecule has 0 radical (unpaired) electrons. The monoisotopic (exact) mass is 344 g/mol. The van der Waals surface area contributed by atoms with Crippen LogP contribution in [0.3, 0.4) is 0 Å². The lowest BCUT2D eigenvalue weighted by Gasteiger charge is -1.99. The van der Waals surface area contributed by atoms with Crippen LogP contribution in [0.25, 0.3) is 11.3 Å². The maximum atomic E-state index is 5.70. The number of halogens is 1. The molecule has 0 aliphatic rings. The Bertz CT molecular complexity index is 702. The van der Waals surface area contributed by atoms with Gasteiger partial charge in [0.15, 0.2) is 0 Å². The molecule has 1 aromatic heterocycles. The van der Waals surface area contributed by atoms with Gasteiger partial charge in [0.1, 0.15) is 0 Å². The Hall–Kier alpha value is -1.65. The summed E-state index contributed by atoms with van der Waals surface area (Å²) in [5.74, 6) is 0. The van der Waals surface area contributed by atoms with Crippen molar-refractivity contribution in [2.24, 2.45) is 0 Å². The van der Waals surface area contributed by atoms with E-state index in [4.69, 9.17) is 10.7 Å². The number of hydrogen-bond donors (Lipinski definition) is 1. The lowest BCUT2D eigenvalue weighted by atomic mass is 10.1. The molecule has 2 N–H and O–H groups in total. The summed E-state index contributed by atoms with van der Waals surface area (Å²) in [5, 5.41) is 3.23. The largest absolute Gasteiger partial charge is 0.399 e. The minimum atomic E-state index is 0.795. The van der Waals surface area contributed by atoms with Crippen LogP contribution in [0.5, 0.6) is 0 Å². The minimum Gasteiger partial charge on any atom is -0.399 e. The summed E-state index contributed by atoms with van der Waals surface area (Å²) < 4.78 is 1.08. The van der Waals surface area contributed by atoms with E-state index in [0.717, 1.165) is 32.8 Å². The fourth-order valence-electron chi connectivity index (χ4n) is 1.96. The molecule has 100 valence electrons. The maximum Gasteiger partial charge on any atom is 0.0976 e. The van der Waals surface area contributed by atoms with E-state index in [1.807, 2.05) is 24.3 Å². The first kappa shape index (κ1) is 13.3. The van der Waals surface area contributed by atoms with Crippen LogP contribution in [0.2, 0.25) is 0 Å². The highest BCUT2D eigenvalue weighted by Gasteiger charge is 2.05. The third-order valence-corrected chi connectivity index (χ3v) is 4.40. The fourth-order valence-corrected chi connectivity index (χ4v) is 3.06. The molecule has 0 bridgehead atoms. The summed E-state index contributed by atoms with van der Waals surface area (Å²) in [5.41, 5.74) is 9.90. The molecule has 0 unspecified atom stereocenters. The van der Waals surface area contributed by atoms with Gasteiger partial charge in [-0.3, -0.25) is 0 Å². The lowest BCUT2D eigenvalue weighted by molar-refractivity contribution is 1.14. The van der Waals surface area contributed by atoms with E-state index >= 15 is 0 Å². The van der Waals surface area contributed by atoms with Gasteiger partial charge in [-0.1, -0.05) is 40.2 Å². The SMILES string of the molecule is Nc1ccc(Cc2nc(-c3ccc(Br)cc3)cs2)cc1. The van der Waals surface area contributed by atoms with Crippen molar-refractivity contribution < 1.29 is 0 Å². The van der Waals surface area contributed by atoms with Crippen molar-refractivity contribution in [1.82, 2.24) is 4.98 Å². The van der Waals surface area contributed by atoms with Gasteiger partial charge in [-0.15, -0.1) is 11.3 Å². The number of hydrogen-bond acceptors (Lipinski definition) is 3. The van der Waals surface area contributed by atoms with Crippen molar-refractivity contribution in [1.29, 1.82) is 0 Å². The number of thiazole rings is 1. The number of nitrogens with zero attached hydrogens (tertiary/aromatic N) is 1. The molecule has 0 amide bonds. The van der Waals surface area contributed by atoms with Crippen molar-refractivity contribution in [2.45, 2.75) is 6.42 Å². The van der Waals surface area contributed by atoms with Gasteiger partial charge in [0.2, 0.25) is 0 Å². The fraction of sp³-hybridized carbons (Fsp3) is 0.0625. The molecule has 3 aromatic rings. The molecule has 0 fully saturated rings. The highest BCUT2D eigenvalue weighted by atomic mass is 79.9. The standard InChI is InChI=1S/C16H13BrN2S/c17-13-5-3-12(4-6-13)15-10-20-16(19-15)9-11-1-7-14(18)8-2-11/h1-8,10H,9,18H2. The highest BCUT2D eigenvalue weighted by Crippen LogP contribution is 2.25. The first-order valence-corrected chi connectivity index (χ1v) is 7.93. The quantitative estimate of drug-likeness (QED) is 0.696. The molecular formula is C16H13BrN2S. The van der Waals surface area contributed by atoms with Crippen LogP contribution in [0, 0.1) is 0 Å². The van der Waals surface area contributed by atoms with Gasteiger partial charge in [0.25, 0.3) is 0 Å². The zero-order chi connectivity index (χ0) is 13.9. The second-order valence-electron chi connectivity index (χ2n) is 4.55. The molecule has 2 aromatic carbocycles. The predicted octanol–water partition coefficient (Wildman–Crippen LogP) is 4.75. The van der Waals surface area contributed by atoms with Crippen LogP contribution >= 0.6 is 27.3 Å². The van der Waals surface area contributed by atoms with Crippen molar-refractivity contribution >= 4 is 33.0 Å². The summed E-state index contributed by atoms with van der Waals surface area (Å²) in [6.07, 6.45) is 0.849. The number of nitrogen functional groups attached to an aromatic ring is 1. The average molecular weight is 345 g/mol. The van der Waals surface area contributed by atoms with E-state index < -0.39 is 0 Å². The average Bonchev–Trinajstić information content (AvgIpc) is 2.91. The van der Waals surface area contributed by atoms with Gasteiger partial charge in [-0.05, 0) is 29.8 Å². The minimum absolute atomic E-state index is 0.795. The molecule has 0 spiro atoms. The second kappa shape index (κ2) is 5.77. The van der Waals surface area contributed by atoms with Crippen molar-refractivity contribution in [3.63, 3.8) is 0 Å². The van der Waals surface area contributed by atoms with Crippen LogP contribution < -0.4 is 5.73 Å². The Morgan fingerprint density at radius 2 is 1.70 bits per heavy atom. The highest BCUT2D eigenvalue weighted by molar-refractivity contribution is 9.10. The number of aromatic nitrogens is 1. The van der Waals surface area contributed by atoms with Gasteiger partial charge in [0.05, 0.1) is 10.7 Å². The molecule has 0 aliphatic carbocycles. The van der Waals surface area contributed by atoms with Gasteiger partial charge >= 0.3 is 0 Å². The topological polar surface area (TPSA) is 38.9 Å². The Labute approximate surface area is 130 Å². The molecule has 0 aliphatic heterocycles. The van der Waals surface area contributed by atoms with Crippen LogP contribution in [0.15, 0.2) is 58.4 Å². The van der Waals surface area contributed by atoms with Gasteiger partial charge in [-0.25, -0.2) is 4.98 Å². The first-order valence-electron chi connectivity index (χ1n) is 6.25. The molecular weight excluding hydrogens is 332 g/mol. The number of nitrogens with two attached hydrogens (primary N) is 1. The smallest absolute Gasteiger partial charge is 0.0976 e. The molecule has 0 atom stereocenters. The summed E-state index contributed by atoms with van der Waals surface area (Å²) in [7, 11) is 0. The van der Waals surface area contributed by atoms with E-state index in [1.54, 1.807) is 11.3 Å². The molecule has 3 rings (SSSR count). The van der Waals surface area contributed by atoms with E-state index in [1.165, 1.54) is 5.56 Å². The summed E-state index contributed by atoms with van der Waals surface area (Å²) in [6, 6.07) is 16.2. The Morgan fingerprint density at radius 3 is 2.40 bits per heavy atom. The molecule has 2 nitrogen and oxygen atoms in total. The van der Waals surface area contributed by atoms with E-state index in [0.29, 0.717) is 0 Å². The second-order valence-corrected chi connectivity index (χ2v) is 6.41. The van der Waals surface area contributed by atoms with Crippen LogP contribution in [0.4, 0.5) is 5.69 Å². The first-order chi connectivity index (χ1) is 9.70. The molecule has 20 heavy (non-hydrogen) atoms. The Kier molecular flexibility index (Phi) is 3.85. The zero-order valence-corrected chi connectivity index (χ0v) is 13.1. The zero-order valence-electron chi connectivity index (χ0n) is 10.7. The van der Waals surface area contributed by atoms with E-state index in [9.17, 15) is 0 Å². The molecule has 0 saturated heterocycles. The van der Waals surface area contributed by atoms with Crippen LogP contribution in [-0.2, 0) is 6.42 Å². The van der Waals surface area contributed by atoms with Crippen molar-refractivity contribution in [3.8, 4) is 11.3 Å². The summed E-state index contributed by atoms with van der Waals surface area (Å²) >= 11 is 5.14. The summed E-state index contributed by atoms with van der Waals surface area (Å²) in [4.78, 5) is 4.70.